The lowest BCUT2D eigenvalue weighted by Crippen LogP contribution is -2.50. The van der Waals surface area contributed by atoms with E-state index in [9.17, 15) is 18.3 Å². The third-order valence-corrected chi connectivity index (χ3v) is 7.51. The molecule has 158 valence electrons. The maximum absolute atomic E-state index is 13.0. The van der Waals surface area contributed by atoms with E-state index < -0.39 is 10.0 Å². The minimum absolute atomic E-state index is 0.0938. The van der Waals surface area contributed by atoms with E-state index in [4.69, 9.17) is 0 Å². The summed E-state index contributed by atoms with van der Waals surface area (Å²) >= 11 is 0. The Morgan fingerprint density at radius 1 is 0.967 bits per heavy atom. The van der Waals surface area contributed by atoms with Crippen molar-refractivity contribution in [3.63, 3.8) is 0 Å². The van der Waals surface area contributed by atoms with E-state index in [1.54, 1.807) is 17.9 Å². The number of nitrogens with zero attached hydrogens (tertiary/aromatic N) is 2. The Morgan fingerprint density at radius 2 is 1.67 bits per heavy atom. The van der Waals surface area contributed by atoms with Crippen LogP contribution >= 0.6 is 0 Å². The Bertz CT molecular complexity index is 1240. The summed E-state index contributed by atoms with van der Waals surface area (Å²) in [5.41, 5.74) is 4.41. The monoisotopic (exact) mass is 427 g/mol. The van der Waals surface area contributed by atoms with Crippen molar-refractivity contribution in [1.82, 2.24) is 14.2 Å². The van der Waals surface area contributed by atoms with Crippen LogP contribution in [0.5, 0.6) is 5.75 Å². The van der Waals surface area contributed by atoms with Crippen molar-refractivity contribution in [2.45, 2.75) is 25.7 Å². The molecule has 1 aliphatic heterocycles. The normalized spacial score (nSPS) is 15.6. The second kappa shape index (κ2) is 7.45. The molecule has 2 N–H and O–H groups in total. The molecule has 7 nitrogen and oxygen atoms in total. The van der Waals surface area contributed by atoms with Crippen LogP contribution in [-0.4, -0.2) is 59.8 Å². The first kappa shape index (κ1) is 20.4. The summed E-state index contributed by atoms with van der Waals surface area (Å²) in [6.07, 6.45) is 0. The Hall–Kier alpha value is -2.84. The zero-order chi connectivity index (χ0) is 21.6. The number of piperazine rings is 1. The standard InChI is InChI=1S/C22H25N3O4S/c1-14-4-5-20(26)21(12-14)30(28,29)25-8-6-24(7-9-25)22(27)19-13-17-16(3)10-15(2)11-18(17)23-19/h4-5,10-13,23,26H,6-9H2,1-3H3. The molecule has 0 atom stereocenters. The number of sulfonamides is 1. The summed E-state index contributed by atoms with van der Waals surface area (Å²) in [6.45, 7) is 6.75. The molecule has 0 unspecified atom stereocenters. The first-order chi connectivity index (χ1) is 14.2. The lowest BCUT2D eigenvalue weighted by molar-refractivity contribution is 0.0693. The van der Waals surface area contributed by atoms with Gasteiger partial charge in [0.2, 0.25) is 10.0 Å². The van der Waals surface area contributed by atoms with Crippen molar-refractivity contribution in [2.75, 3.05) is 26.2 Å². The number of rotatable bonds is 3. The summed E-state index contributed by atoms with van der Waals surface area (Å²) in [6, 6.07) is 10.5. The summed E-state index contributed by atoms with van der Waals surface area (Å²) in [5.74, 6) is -0.401. The largest absolute Gasteiger partial charge is 0.507 e. The van der Waals surface area contributed by atoms with Crippen LogP contribution in [0.15, 0.2) is 41.3 Å². The molecule has 0 saturated carbocycles. The second-order valence-corrected chi connectivity index (χ2v) is 9.80. The van der Waals surface area contributed by atoms with Gasteiger partial charge in [-0.25, -0.2) is 8.42 Å². The van der Waals surface area contributed by atoms with Gasteiger partial charge in [0.15, 0.2) is 0 Å². The number of H-pyrrole nitrogens is 1. The number of aromatic amines is 1. The van der Waals surface area contributed by atoms with Gasteiger partial charge in [0.25, 0.3) is 5.91 Å². The molecule has 0 bridgehead atoms. The SMILES string of the molecule is Cc1ccc(O)c(S(=O)(=O)N2CCN(C(=O)c3cc4c(C)cc(C)cc4[nH]3)CC2)c1. The molecule has 8 heteroatoms. The van der Waals surface area contributed by atoms with E-state index in [1.807, 2.05) is 26.0 Å². The minimum Gasteiger partial charge on any atom is -0.507 e. The van der Waals surface area contributed by atoms with Crippen LogP contribution in [0.2, 0.25) is 0 Å². The van der Waals surface area contributed by atoms with Gasteiger partial charge in [0, 0.05) is 37.1 Å². The first-order valence-electron chi connectivity index (χ1n) is 9.86. The first-order valence-corrected chi connectivity index (χ1v) is 11.3. The van der Waals surface area contributed by atoms with E-state index >= 15 is 0 Å². The predicted octanol–water partition coefficient (Wildman–Crippen LogP) is 2.95. The molecule has 1 fully saturated rings. The van der Waals surface area contributed by atoms with Crippen LogP contribution < -0.4 is 0 Å². The number of carbonyl (C=O) groups is 1. The van der Waals surface area contributed by atoms with Crippen molar-refractivity contribution >= 4 is 26.8 Å². The van der Waals surface area contributed by atoms with Gasteiger partial charge in [0.1, 0.15) is 16.3 Å². The van der Waals surface area contributed by atoms with Gasteiger partial charge in [0.05, 0.1) is 0 Å². The number of fused-ring (bicyclic) bond motifs is 1. The van der Waals surface area contributed by atoms with Crippen molar-refractivity contribution < 1.29 is 18.3 Å². The number of phenolic OH excluding ortho intramolecular Hbond substituents is 1. The average Bonchev–Trinajstić information content (AvgIpc) is 3.13. The molecule has 30 heavy (non-hydrogen) atoms. The highest BCUT2D eigenvalue weighted by atomic mass is 32.2. The van der Waals surface area contributed by atoms with Gasteiger partial charge < -0.3 is 15.0 Å². The number of amides is 1. The highest BCUT2D eigenvalue weighted by molar-refractivity contribution is 7.89. The zero-order valence-electron chi connectivity index (χ0n) is 17.3. The van der Waals surface area contributed by atoms with E-state index in [2.05, 4.69) is 11.1 Å². The van der Waals surface area contributed by atoms with Crippen LogP contribution in [0, 0.1) is 20.8 Å². The molecule has 1 amide bonds. The molecule has 1 saturated heterocycles. The van der Waals surface area contributed by atoms with Crippen molar-refractivity contribution in [3.05, 3.63) is 58.8 Å². The molecule has 2 aromatic carbocycles. The second-order valence-electron chi connectivity index (χ2n) is 7.89. The molecule has 1 aromatic heterocycles. The number of aromatic hydroxyl groups is 1. The third kappa shape index (κ3) is 3.57. The van der Waals surface area contributed by atoms with Crippen LogP contribution in [-0.2, 0) is 10.0 Å². The predicted molar refractivity (Wildman–Crippen MR) is 115 cm³/mol. The molecular weight excluding hydrogens is 402 g/mol. The molecule has 0 aliphatic carbocycles. The fraction of sp³-hybridized carbons (Fsp3) is 0.318. The summed E-state index contributed by atoms with van der Waals surface area (Å²) in [5, 5.41) is 11.0. The smallest absolute Gasteiger partial charge is 0.270 e. The van der Waals surface area contributed by atoms with Gasteiger partial charge in [-0.05, 0) is 61.7 Å². The Kier molecular flexibility index (Phi) is 5.07. The molecule has 3 aromatic rings. The van der Waals surface area contributed by atoms with Crippen LogP contribution in [0.3, 0.4) is 0 Å². The third-order valence-electron chi connectivity index (χ3n) is 5.58. The van der Waals surface area contributed by atoms with E-state index in [-0.39, 0.29) is 42.7 Å². The maximum atomic E-state index is 13.0. The number of hydrogen-bond acceptors (Lipinski definition) is 4. The minimum atomic E-state index is -3.82. The molecule has 1 aliphatic rings. The fourth-order valence-electron chi connectivity index (χ4n) is 3.98. The number of nitrogens with one attached hydrogen (secondary N) is 1. The lowest BCUT2D eigenvalue weighted by Gasteiger charge is -2.33. The fourth-order valence-corrected chi connectivity index (χ4v) is 5.57. The molecule has 0 radical (unpaired) electrons. The number of carbonyl (C=O) groups excluding carboxylic acids is 1. The average molecular weight is 428 g/mol. The van der Waals surface area contributed by atoms with E-state index in [0.717, 1.165) is 27.6 Å². The summed E-state index contributed by atoms with van der Waals surface area (Å²) in [4.78, 5) is 17.7. The van der Waals surface area contributed by atoms with Crippen LogP contribution in [0.25, 0.3) is 10.9 Å². The zero-order valence-corrected chi connectivity index (χ0v) is 18.1. The number of phenols is 1. The Balaban J connectivity index is 1.51. The van der Waals surface area contributed by atoms with Crippen molar-refractivity contribution in [1.29, 1.82) is 0 Å². The van der Waals surface area contributed by atoms with Crippen LogP contribution in [0.1, 0.15) is 27.2 Å². The quantitative estimate of drug-likeness (QED) is 0.672. The molecule has 2 heterocycles. The number of benzene rings is 2. The topological polar surface area (TPSA) is 93.7 Å². The highest BCUT2D eigenvalue weighted by Gasteiger charge is 2.32. The van der Waals surface area contributed by atoms with E-state index in [1.165, 1.54) is 16.4 Å². The van der Waals surface area contributed by atoms with Crippen LogP contribution in [0.4, 0.5) is 0 Å². The summed E-state index contributed by atoms with van der Waals surface area (Å²) < 4.78 is 27.2. The summed E-state index contributed by atoms with van der Waals surface area (Å²) in [7, 11) is -3.82. The number of aryl methyl sites for hydroxylation is 3. The lowest BCUT2D eigenvalue weighted by atomic mass is 10.1. The van der Waals surface area contributed by atoms with Crippen molar-refractivity contribution in [2.24, 2.45) is 0 Å². The van der Waals surface area contributed by atoms with Gasteiger partial charge in [-0.3, -0.25) is 4.79 Å². The maximum Gasteiger partial charge on any atom is 0.270 e. The molecule has 4 rings (SSSR count). The van der Waals surface area contributed by atoms with E-state index in [0.29, 0.717) is 5.69 Å². The Morgan fingerprint density at radius 3 is 2.37 bits per heavy atom. The van der Waals surface area contributed by atoms with Crippen molar-refractivity contribution in [3.8, 4) is 5.75 Å². The molecule has 0 spiro atoms. The molecular formula is C22H25N3O4S. The highest BCUT2D eigenvalue weighted by Crippen LogP contribution is 2.28. The number of hydrogen-bond donors (Lipinski definition) is 2. The van der Waals surface area contributed by atoms with Gasteiger partial charge in [-0.1, -0.05) is 12.1 Å². The van der Waals surface area contributed by atoms with Gasteiger partial charge in [-0.2, -0.15) is 4.31 Å². The Labute approximate surface area is 176 Å². The van der Waals surface area contributed by atoms with Gasteiger partial charge >= 0.3 is 0 Å². The van der Waals surface area contributed by atoms with Gasteiger partial charge in [-0.15, -0.1) is 0 Å². The number of aromatic nitrogens is 1.